The predicted molar refractivity (Wildman–Crippen MR) is 70.7 cm³/mol. The first-order valence-electron chi connectivity index (χ1n) is 5.68. The van der Waals surface area contributed by atoms with Gasteiger partial charge in [-0.15, -0.1) is 0 Å². The fourth-order valence-electron chi connectivity index (χ4n) is 1.41. The molecule has 0 atom stereocenters. The fraction of sp³-hybridized carbons (Fsp3) is 0.417. The number of ether oxygens (including phenoxy) is 2. The molecule has 0 unspecified atom stereocenters. The highest BCUT2D eigenvalue weighted by molar-refractivity contribution is 7.80. The van der Waals surface area contributed by atoms with E-state index in [2.05, 4.69) is 12.2 Å². The van der Waals surface area contributed by atoms with Crippen LogP contribution < -0.4 is 10.5 Å². The lowest BCUT2D eigenvalue weighted by molar-refractivity contribution is -0.139. The third-order valence-corrected chi connectivity index (χ3v) is 2.53. The van der Waals surface area contributed by atoms with Gasteiger partial charge in [-0.1, -0.05) is 12.2 Å². The molecule has 0 radical (unpaired) electrons. The molecule has 4 nitrogen and oxygen atoms in total. The van der Waals surface area contributed by atoms with Crippen LogP contribution in [0.5, 0.6) is 5.75 Å². The Hall–Kier alpha value is -1.38. The van der Waals surface area contributed by atoms with Gasteiger partial charge in [-0.25, -0.2) is 0 Å². The van der Waals surface area contributed by atoms with Crippen LogP contribution in [0.15, 0.2) is 18.2 Å². The van der Waals surface area contributed by atoms with Crippen molar-refractivity contribution >= 4 is 17.2 Å². The Labute approximate surface area is 119 Å². The van der Waals surface area contributed by atoms with Crippen molar-refractivity contribution in [1.82, 2.24) is 0 Å². The topological polar surface area (TPSA) is 64.7 Å². The molecule has 0 spiro atoms. The number of benzene rings is 1. The minimum Gasteiger partial charge on any atom is -0.491 e. The average molecular weight is 309 g/mol. The molecule has 0 saturated carbocycles. The summed E-state index contributed by atoms with van der Waals surface area (Å²) in [7, 11) is 0. The molecule has 8 heteroatoms. The van der Waals surface area contributed by atoms with Gasteiger partial charge in [-0.05, 0) is 18.2 Å². The molecule has 112 valence electrons. The maximum absolute atomic E-state index is 12.9. The number of halogens is 3. The van der Waals surface area contributed by atoms with Crippen LogP contribution in [0, 0.1) is 0 Å². The third-order valence-electron chi connectivity index (χ3n) is 2.29. The van der Waals surface area contributed by atoms with Crippen LogP contribution in [0.3, 0.4) is 0 Å². The molecule has 0 aromatic heterocycles. The van der Waals surface area contributed by atoms with Gasteiger partial charge in [0.05, 0.1) is 25.4 Å². The van der Waals surface area contributed by atoms with Crippen LogP contribution in [0.1, 0.15) is 11.1 Å². The number of nitrogens with two attached hydrogens (primary N) is 1. The lowest BCUT2D eigenvalue weighted by Crippen LogP contribution is -2.15. The lowest BCUT2D eigenvalue weighted by atomic mass is 10.1. The molecular weight excluding hydrogens is 295 g/mol. The summed E-state index contributed by atoms with van der Waals surface area (Å²) in [6, 6.07) is 3.39. The van der Waals surface area contributed by atoms with Crippen molar-refractivity contribution in [2.75, 3.05) is 26.4 Å². The average Bonchev–Trinajstić information content (AvgIpc) is 2.37. The SMILES string of the molecule is NC(=S)c1ccc(OCCOCCO)c(C(F)(F)F)c1. The molecule has 20 heavy (non-hydrogen) atoms. The maximum atomic E-state index is 12.9. The van der Waals surface area contributed by atoms with Crippen molar-refractivity contribution in [2.24, 2.45) is 5.73 Å². The van der Waals surface area contributed by atoms with Crippen molar-refractivity contribution in [2.45, 2.75) is 6.18 Å². The molecule has 0 aliphatic rings. The monoisotopic (exact) mass is 309 g/mol. The number of aliphatic hydroxyl groups is 1. The zero-order chi connectivity index (χ0) is 15.2. The maximum Gasteiger partial charge on any atom is 0.419 e. The van der Waals surface area contributed by atoms with E-state index in [0.717, 1.165) is 6.07 Å². The number of rotatable bonds is 7. The number of aliphatic hydroxyl groups excluding tert-OH is 1. The van der Waals surface area contributed by atoms with Gasteiger partial charge in [0.2, 0.25) is 0 Å². The van der Waals surface area contributed by atoms with Crippen molar-refractivity contribution in [3.05, 3.63) is 29.3 Å². The summed E-state index contributed by atoms with van der Waals surface area (Å²) in [4.78, 5) is -0.117. The van der Waals surface area contributed by atoms with Crippen molar-refractivity contribution in [3.8, 4) is 5.75 Å². The van der Waals surface area contributed by atoms with Gasteiger partial charge >= 0.3 is 6.18 Å². The van der Waals surface area contributed by atoms with E-state index in [-0.39, 0.29) is 42.7 Å². The summed E-state index contributed by atoms with van der Waals surface area (Å²) < 4.78 is 48.6. The Morgan fingerprint density at radius 3 is 2.50 bits per heavy atom. The summed E-state index contributed by atoms with van der Waals surface area (Å²) >= 11 is 4.65. The second kappa shape index (κ2) is 7.41. The molecule has 0 aliphatic heterocycles. The molecule has 1 aromatic carbocycles. The Bertz CT molecular complexity index is 466. The number of hydrogen-bond acceptors (Lipinski definition) is 4. The van der Waals surface area contributed by atoms with Gasteiger partial charge in [0.25, 0.3) is 0 Å². The largest absolute Gasteiger partial charge is 0.491 e. The van der Waals surface area contributed by atoms with Crippen molar-refractivity contribution in [3.63, 3.8) is 0 Å². The first kappa shape index (κ1) is 16.7. The highest BCUT2D eigenvalue weighted by atomic mass is 32.1. The molecule has 0 aliphatic carbocycles. The van der Waals surface area contributed by atoms with Gasteiger partial charge in [0, 0.05) is 5.56 Å². The smallest absolute Gasteiger partial charge is 0.419 e. The first-order valence-corrected chi connectivity index (χ1v) is 6.09. The zero-order valence-electron chi connectivity index (χ0n) is 10.4. The molecule has 1 rings (SSSR count). The molecule has 1 aromatic rings. The normalized spacial score (nSPS) is 11.4. The number of alkyl halides is 3. The van der Waals surface area contributed by atoms with Crippen molar-refractivity contribution < 1.29 is 27.8 Å². The fourth-order valence-corrected chi connectivity index (χ4v) is 1.53. The summed E-state index contributed by atoms with van der Waals surface area (Å²) in [6.45, 7) is -0.0310. The second-order valence-corrected chi connectivity index (χ2v) is 4.20. The van der Waals surface area contributed by atoms with E-state index in [1.54, 1.807) is 0 Å². The summed E-state index contributed by atoms with van der Waals surface area (Å²) in [6.07, 6.45) is -4.57. The van der Waals surface area contributed by atoms with Crippen molar-refractivity contribution in [1.29, 1.82) is 0 Å². The van der Waals surface area contributed by atoms with Crippen LogP contribution in [-0.2, 0) is 10.9 Å². The summed E-state index contributed by atoms with van der Waals surface area (Å²) in [5, 5.41) is 8.48. The van der Waals surface area contributed by atoms with Crippen LogP contribution in [-0.4, -0.2) is 36.5 Å². The second-order valence-electron chi connectivity index (χ2n) is 3.76. The van der Waals surface area contributed by atoms with Gasteiger partial charge in [0.1, 0.15) is 17.3 Å². The van der Waals surface area contributed by atoms with Crippen LogP contribution in [0.4, 0.5) is 13.2 Å². The Balaban J connectivity index is 2.81. The van der Waals surface area contributed by atoms with E-state index in [4.69, 9.17) is 20.3 Å². The van der Waals surface area contributed by atoms with Gasteiger partial charge in [-0.3, -0.25) is 0 Å². The van der Waals surface area contributed by atoms with E-state index in [1.165, 1.54) is 12.1 Å². The number of hydrogen-bond donors (Lipinski definition) is 2. The highest BCUT2D eigenvalue weighted by Gasteiger charge is 2.34. The van der Waals surface area contributed by atoms with E-state index >= 15 is 0 Å². The summed E-state index contributed by atoms with van der Waals surface area (Å²) in [5.41, 5.74) is 4.49. The van der Waals surface area contributed by atoms with E-state index < -0.39 is 11.7 Å². The molecule has 3 N–H and O–H groups in total. The molecule has 0 heterocycles. The minimum atomic E-state index is -4.57. The lowest BCUT2D eigenvalue weighted by Gasteiger charge is -2.15. The minimum absolute atomic E-state index is 0.0600. The predicted octanol–water partition coefficient (Wildman–Crippen LogP) is 1.73. The van der Waals surface area contributed by atoms with E-state index in [1.807, 2.05) is 0 Å². The summed E-state index contributed by atoms with van der Waals surface area (Å²) in [5.74, 6) is -0.315. The molecular formula is C12H14F3NO3S. The molecule has 0 amide bonds. The Kier molecular flexibility index (Phi) is 6.18. The highest BCUT2D eigenvalue weighted by Crippen LogP contribution is 2.36. The zero-order valence-corrected chi connectivity index (χ0v) is 11.3. The van der Waals surface area contributed by atoms with Crippen LogP contribution in [0.25, 0.3) is 0 Å². The number of thiocarbonyl (C=S) groups is 1. The van der Waals surface area contributed by atoms with Gasteiger partial charge in [-0.2, -0.15) is 13.2 Å². The standard InChI is InChI=1S/C12H14F3NO3S/c13-12(14,15)9-7-8(11(16)20)1-2-10(9)19-6-5-18-4-3-17/h1-2,7,17H,3-6H2,(H2,16,20). The van der Waals surface area contributed by atoms with Gasteiger partial charge < -0.3 is 20.3 Å². The first-order chi connectivity index (χ1) is 9.36. The van der Waals surface area contributed by atoms with Crippen LogP contribution >= 0.6 is 12.2 Å². The van der Waals surface area contributed by atoms with E-state index in [9.17, 15) is 13.2 Å². The quantitative estimate of drug-likeness (QED) is 0.593. The third kappa shape index (κ3) is 4.95. The van der Waals surface area contributed by atoms with Gasteiger partial charge in [0.15, 0.2) is 0 Å². The molecule has 0 saturated heterocycles. The molecule has 0 bridgehead atoms. The van der Waals surface area contributed by atoms with E-state index in [0.29, 0.717) is 0 Å². The Morgan fingerprint density at radius 1 is 1.25 bits per heavy atom. The Morgan fingerprint density at radius 2 is 1.95 bits per heavy atom. The van der Waals surface area contributed by atoms with Crippen LogP contribution in [0.2, 0.25) is 0 Å². The molecule has 0 fully saturated rings.